The average molecular weight is 269 g/mol. The number of nitrogens with zero attached hydrogens (tertiary/aromatic N) is 1. The summed E-state index contributed by atoms with van der Waals surface area (Å²) in [6.45, 7) is 1.98. The standard InChI is InChI=1S/C16H15NO3/c1-2-12-7-3-5-9-14(12)16(18)11-13-8-4-6-10-15(13)17(19)20/h3-10H,2,11H2,1H3. The van der Waals surface area contributed by atoms with Crippen LogP contribution in [0.4, 0.5) is 5.69 Å². The molecule has 4 heteroatoms. The van der Waals surface area contributed by atoms with Crippen LogP contribution >= 0.6 is 0 Å². The van der Waals surface area contributed by atoms with E-state index in [1.54, 1.807) is 24.3 Å². The SMILES string of the molecule is CCc1ccccc1C(=O)Cc1ccccc1[N+](=O)[O-]. The molecule has 0 bridgehead atoms. The molecule has 0 atom stereocenters. The van der Waals surface area contributed by atoms with E-state index < -0.39 is 4.92 Å². The number of nitro benzene ring substituents is 1. The van der Waals surface area contributed by atoms with E-state index in [0.717, 1.165) is 12.0 Å². The van der Waals surface area contributed by atoms with E-state index in [9.17, 15) is 14.9 Å². The maximum Gasteiger partial charge on any atom is 0.273 e. The van der Waals surface area contributed by atoms with Crippen LogP contribution in [0.1, 0.15) is 28.4 Å². The lowest BCUT2D eigenvalue weighted by molar-refractivity contribution is -0.385. The number of rotatable bonds is 5. The maximum absolute atomic E-state index is 12.3. The molecule has 0 heterocycles. The van der Waals surface area contributed by atoms with E-state index in [0.29, 0.717) is 11.1 Å². The summed E-state index contributed by atoms with van der Waals surface area (Å²) >= 11 is 0. The molecular weight excluding hydrogens is 254 g/mol. The Hall–Kier alpha value is -2.49. The summed E-state index contributed by atoms with van der Waals surface area (Å²) in [5.41, 5.74) is 2.06. The van der Waals surface area contributed by atoms with Crippen molar-refractivity contribution in [3.8, 4) is 0 Å². The Morgan fingerprint density at radius 3 is 2.30 bits per heavy atom. The van der Waals surface area contributed by atoms with Gasteiger partial charge in [0, 0.05) is 23.6 Å². The van der Waals surface area contributed by atoms with Crippen LogP contribution in [0.3, 0.4) is 0 Å². The molecule has 0 saturated carbocycles. The molecule has 4 nitrogen and oxygen atoms in total. The van der Waals surface area contributed by atoms with E-state index in [2.05, 4.69) is 0 Å². The Balaban J connectivity index is 2.31. The summed E-state index contributed by atoms with van der Waals surface area (Å²) in [6, 6.07) is 13.8. The van der Waals surface area contributed by atoms with Crippen molar-refractivity contribution in [1.29, 1.82) is 0 Å². The molecule has 0 unspecified atom stereocenters. The second kappa shape index (κ2) is 6.10. The molecule has 0 amide bonds. The van der Waals surface area contributed by atoms with Gasteiger partial charge in [-0.25, -0.2) is 0 Å². The molecule has 0 aromatic heterocycles. The first-order valence-corrected chi connectivity index (χ1v) is 6.47. The fraction of sp³-hybridized carbons (Fsp3) is 0.188. The molecule has 0 radical (unpaired) electrons. The molecule has 102 valence electrons. The molecule has 0 aliphatic rings. The Labute approximate surface area is 117 Å². The molecule has 0 aliphatic carbocycles. The summed E-state index contributed by atoms with van der Waals surface area (Å²) < 4.78 is 0. The second-order valence-electron chi connectivity index (χ2n) is 4.50. The fourth-order valence-electron chi connectivity index (χ4n) is 2.21. The summed E-state index contributed by atoms with van der Waals surface area (Å²) in [7, 11) is 0. The van der Waals surface area contributed by atoms with Crippen LogP contribution < -0.4 is 0 Å². The molecular formula is C16H15NO3. The third-order valence-electron chi connectivity index (χ3n) is 3.24. The lowest BCUT2D eigenvalue weighted by atomic mass is 9.96. The quantitative estimate of drug-likeness (QED) is 0.473. The van der Waals surface area contributed by atoms with Crippen molar-refractivity contribution in [3.63, 3.8) is 0 Å². The van der Waals surface area contributed by atoms with E-state index in [4.69, 9.17) is 0 Å². The zero-order chi connectivity index (χ0) is 14.5. The van der Waals surface area contributed by atoms with Crippen molar-refractivity contribution in [3.05, 3.63) is 75.3 Å². The minimum Gasteiger partial charge on any atom is -0.294 e. The Kier molecular flexibility index (Phi) is 4.25. The zero-order valence-corrected chi connectivity index (χ0v) is 11.2. The van der Waals surface area contributed by atoms with Crippen molar-refractivity contribution >= 4 is 11.5 Å². The second-order valence-corrected chi connectivity index (χ2v) is 4.50. The first-order valence-electron chi connectivity index (χ1n) is 6.47. The van der Waals surface area contributed by atoms with Crippen molar-refractivity contribution in [2.24, 2.45) is 0 Å². The van der Waals surface area contributed by atoms with Gasteiger partial charge in [0.25, 0.3) is 5.69 Å². The Bertz CT molecular complexity index is 650. The van der Waals surface area contributed by atoms with Gasteiger partial charge in [-0.1, -0.05) is 49.4 Å². The maximum atomic E-state index is 12.3. The van der Waals surface area contributed by atoms with Crippen LogP contribution in [-0.2, 0) is 12.8 Å². The van der Waals surface area contributed by atoms with Crippen molar-refractivity contribution in [1.82, 2.24) is 0 Å². The van der Waals surface area contributed by atoms with Crippen LogP contribution in [-0.4, -0.2) is 10.7 Å². The number of carbonyl (C=O) groups excluding carboxylic acids is 1. The lowest BCUT2D eigenvalue weighted by Crippen LogP contribution is -2.08. The number of benzene rings is 2. The van der Waals surface area contributed by atoms with Crippen LogP contribution in [0.5, 0.6) is 0 Å². The highest BCUT2D eigenvalue weighted by atomic mass is 16.6. The number of aryl methyl sites for hydroxylation is 1. The van der Waals surface area contributed by atoms with Gasteiger partial charge in [-0.15, -0.1) is 0 Å². The number of hydrogen-bond donors (Lipinski definition) is 0. The minimum absolute atomic E-state index is 0.00479. The largest absolute Gasteiger partial charge is 0.294 e. The fourth-order valence-corrected chi connectivity index (χ4v) is 2.21. The monoisotopic (exact) mass is 269 g/mol. The zero-order valence-electron chi connectivity index (χ0n) is 11.2. The van der Waals surface area contributed by atoms with Gasteiger partial charge < -0.3 is 0 Å². The number of nitro groups is 1. The van der Waals surface area contributed by atoms with Crippen molar-refractivity contribution < 1.29 is 9.72 Å². The van der Waals surface area contributed by atoms with Crippen molar-refractivity contribution in [2.45, 2.75) is 19.8 Å². The summed E-state index contributed by atoms with van der Waals surface area (Å²) in [6.07, 6.45) is 0.812. The van der Waals surface area contributed by atoms with E-state index in [1.165, 1.54) is 6.07 Å². The normalized spacial score (nSPS) is 10.2. The topological polar surface area (TPSA) is 60.2 Å². The van der Waals surface area contributed by atoms with E-state index >= 15 is 0 Å². The van der Waals surface area contributed by atoms with Crippen LogP contribution in [0.15, 0.2) is 48.5 Å². The average Bonchev–Trinajstić information content (AvgIpc) is 2.47. The molecule has 2 rings (SSSR count). The predicted molar refractivity (Wildman–Crippen MR) is 77.0 cm³/mol. The third kappa shape index (κ3) is 2.91. The summed E-state index contributed by atoms with van der Waals surface area (Å²) in [4.78, 5) is 22.9. The Morgan fingerprint density at radius 1 is 1.05 bits per heavy atom. The van der Waals surface area contributed by atoms with E-state index in [-0.39, 0.29) is 17.9 Å². The number of ketones is 1. The van der Waals surface area contributed by atoms with Crippen LogP contribution in [0.25, 0.3) is 0 Å². The van der Waals surface area contributed by atoms with Crippen LogP contribution in [0.2, 0.25) is 0 Å². The number of hydrogen-bond acceptors (Lipinski definition) is 3. The molecule has 0 saturated heterocycles. The van der Waals surface area contributed by atoms with Gasteiger partial charge >= 0.3 is 0 Å². The first kappa shape index (κ1) is 13.9. The summed E-state index contributed by atoms with van der Waals surface area (Å²) in [5, 5.41) is 11.0. The highest BCUT2D eigenvalue weighted by Gasteiger charge is 2.17. The number of para-hydroxylation sites is 1. The van der Waals surface area contributed by atoms with Gasteiger partial charge in [0.1, 0.15) is 0 Å². The smallest absolute Gasteiger partial charge is 0.273 e. The Morgan fingerprint density at radius 2 is 1.65 bits per heavy atom. The van der Waals surface area contributed by atoms with Gasteiger partial charge in [0.05, 0.1) is 4.92 Å². The molecule has 20 heavy (non-hydrogen) atoms. The van der Waals surface area contributed by atoms with Gasteiger partial charge in [-0.05, 0) is 12.0 Å². The predicted octanol–water partition coefficient (Wildman–Crippen LogP) is 3.58. The molecule has 2 aromatic rings. The van der Waals surface area contributed by atoms with Gasteiger partial charge in [-0.3, -0.25) is 14.9 Å². The number of carbonyl (C=O) groups is 1. The van der Waals surface area contributed by atoms with Crippen molar-refractivity contribution in [2.75, 3.05) is 0 Å². The lowest BCUT2D eigenvalue weighted by Gasteiger charge is -2.07. The van der Waals surface area contributed by atoms with E-state index in [1.807, 2.05) is 25.1 Å². The highest BCUT2D eigenvalue weighted by Crippen LogP contribution is 2.21. The molecule has 0 spiro atoms. The molecule has 0 aliphatic heterocycles. The summed E-state index contributed by atoms with van der Waals surface area (Å²) in [5.74, 6) is -0.0863. The van der Waals surface area contributed by atoms with Gasteiger partial charge in [-0.2, -0.15) is 0 Å². The third-order valence-corrected chi connectivity index (χ3v) is 3.24. The molecule has 0 N–H and O–H groups in total. The number of Topliss-reactive ketones (excluding diaryl/α,β-unsaturated/α-hetero) is 1. The molecule has 2 aromatic carbocycles. The molecule has 0 fully saturated rings. The highest BCUT2D eigenvalue weighted by molar-refractivity contribution is 5.99. The van der Waals surface area contributed by atoms with Crippen LogP contribution in [0, 0.1) is 10.1 Å². The first-order chi connectivity index (χ1) is 9.63. The minimum atomic E-state index is -0.450. The van der Waals surface area contributed by atoms with Gasteiger partial charge in [0.2, 0.25) is 0 Å². The van der Waals surface area contributed by atoms with Gasteiger partial charge in [0.15, 0.2) is 5.78 Å².